The molecule has 84 valence electrons. The smallest absolute Gasteiger partial charge is 0.123 e. The zero-order chi connectivity index (χ0) is 11.1. The number of rotatable bonds is 3. The lowest BCUT2D eigenvalue weighted by atomic mass is 10.1. The number of H-pyrrole nitrogens is 1. The predicted octanol–water partition coefficient (Wildman–Crippen LogP) is 2.63. The Bertz CT molecular complexity index is 518. The minimum Gasteiger partial charge on any atom is -0.361 e. The summed E-state index contributed by atoms with van der Waals surface area (Å²) in [5.41, 5.74) is 2.31. The second kappa shape index (κ2) is 3.59. The molecule has 1 aliphatic rings. The van der Waals surface area contributed by atoms with Crippen LogP contribution in [0.1, 0.15) is 17.9 Å². The highest BCUT2D eigenvalue weighted by atomic mass is 19.1. The van der Waals surface area contributed by atoms with Crippen LogP contribution in [0.3, 0.4) is 0 Å². The third kappa shape index (κ3) is 1.52. The first-order chi connectivity index (χ1) is 7.79. The van der Waals surface area contributed by atoms with Gasteiger partial charge in [0.2, 0.25) is 0 Å². The van der Waals surface area contributed by atoms with Gasteiger partial charge in [-0.25, -0.2) is 4.39 Å². The molecule has 2 unspecified atom stereocenters. The van der Waals surface area contributed by atoms with E-state index >= 15 is 0 Å². The zero-order valence-electron chi connectivity index (χ0n) is 9.26. The van der Waals surface area contributed by atoms with Crippen LogP contribution in [0.5, 0.6) is 0 Å². The summed E-state index contributed by atoms with van der Waals surface area (Å²) in [6.07, 6.45) is 3.24. The van der Waals surface area contributed by atoms with Crippen LogP contribution in [0, 0.1) is 11.7 Å². The third-order valence-corrected chi connectivity index (χ3v) is 3.46. The molecular weight excluding hydrogens is 203 g/mol. The number of nitrogens with one attached hydrogen (secondary N) is 2. The second-order valence-electron chi connectivity index (χ2n) is 4.59. The topological polar surface area (TPSA) is 27.8 Å². The maximum atomic E-state index is 13.2. The predicted molar refractivity (Wildman–Crippen MR) is 63.0 cm³/mol. The molecule has 0 bridgehead atoms. The van der Waals surface area contributed by atoms with Crippen LogP contribution >= 0.6 is 0 Å². The number of hydrogen-bond donors (Lipinski definition) is 2. The summed E-state index contributed by atoms with van der Waals surface area (Å²) in [4.78, 5) is 3.21. The molecule has 0 spiro atoms. The monoisotopic (exact) mass is 218 g/mol. The van der Waals surface area contributed by atoms with Crippen molar-refractivity contribution in [1.82, 2.24) is 10.3 Å². The zero-order valence-corrected chi connectivity index (χ0v) is 9.26. The molecule has 2 nitrogen and oxygen atoms in total. The maximum Gasteiger partial charge on any atom is 0.123 e. The molecule has 1 aliphatic carbocycles. The van der Waals surface area contributed by atoms with Gasteiger partial charge in [-0.1, -0.05) is 0 Å². The molecule has 1 heterocycles. The van der Waals surface area contributed by atoms with Gasteiger partial charge in [0, 0.05) is 17.1 Å². The Morgan fingerprint density at radius 2 is 2.38 bits per heavy atom. The van der Waals surface area contributed by atoms with E-state index in [1.165, 1.54) is 18.1 Å². The maximum absolute atomic E-state index is 13.2. The fourth-order valence-electron chi connectivity index (χ4n) is 2.54. The highest BCUT2D eigenvalue weighted by Gasteiger charge is 2.38. The fraction of sp³-hybridized carbons (Fsp3) is 0.385. The normalized spacial score (nSPS) is 23.9. The molecule has 2 atom stereocenters. The van der Waals surface area contributed by atoms with Gasteiger partial charge in [0.05, 0.1) is 0 Å². The van der Waals surface area contributed by atoms with Crippen molar-refractivity contribution in [3.63, 3.8) is 0 Å². The Morgan fingerprint density at radius 3 is 3.19 bits per heavy atom. The van der Waals surface area contributed by atoms with Crippen molar-refractivity contribution in [2.45, 2.75) is 12.3 Å². The quantitative estimate of drug-likeness (QED) is 0.814. The molecule has 16 heavy (non-hydrogen) atoms. The van der Waals surface area contributed by atoms with Crippen molar-refractivity contribution in [2.24, 2.45) is 5.92 Å². The summed E-state index contributed by atoms with van der Waals surface area (Å²) in [5, 5.41) is 4.24. The SMILES string of the molecule is CNCC1CC1c1c[nH]c2ccc(F)cc12. The minimum absolute atomic E-state index is 0.154. The molecule has 1 fully saturated rings. The number of fused-ring (bicyclic) bond motifs is 1. The summed E-state index contributed by atoms with van der Waals surface area (Å²) in [7, 11) is 1.98. The lowest BCUT2D eigenvalue weighted by Crippen LogP contribution is -2.10. The number of aromatic nitrogens is 1. The van der Waals surface area contributed by atoms with Crippen molar-refractivity contribution in [3.05, 3.63) is 35.8 Å². The average Bonchev–Trinajstić information content (AvgIpc) is 2.90. The number of halogens is 1. The van der Waals surface area contributed by atoms with Crippen molar-refractivity contribution < 1.29 is 4.39 Å². The van der Waals surface area contributed by atoms with Gasteiger partial charge < -0.3 is 10.3 Å². The Hall–Kier alpha value is -1.35. The van der Waals surface area contributed by atoms with Crippen LogP contribution < -0.4 is 5.32 Å². The van der Waals surface area contributed by atoms with E-state index in [4.69, 9.17) is 0 Å². The summed E-state index contributed by atoms with van der Waals surface area (Å²) in [6, 6.07) is 4.94. The summed E-state index contributed by atoms with van der Waals surface area (Å²) in [5.74, 6) is 1.16. The van der Waals surface area contributed by atoms with Gasteiger partial charge in [-0.05, 0) is 55.6 Å². The first-order valence-electron chi connectivity index (χ1n) is 5.70. The Balaban J connectivity index is 1.96. The van der Waals surface area contributed by atoms with Crippen molar-refractivity contribution in [2.75, 3.05) is 13.6 Å². The van der Waals surface area contributed by atoms with Crippen LogP contribution in [-0.4, -0.2) is 18.6 Å². The average molecular weight is 218 g/mol. The van der Waals surface area contributed by atoms with Crippen LogP contribution in [0.4, 0.5) is 4.39 Å². The van der Waals surface area contributed by atoms with E-state index in [1.54, 1.807) is 6.07 Å². The molecule has 1 aromatic heterocycles. The molecule has 3 rings (SSSR count). The first kappa shape index (κ1) is 9.85. The third-order valence-electron chi connectivity index (χ3n) is 3.46. The van der Waals surface area contributed by atoms with Gasteiger partial charge in [-0.2, -0.15) is 0 Å². The van der Waals surface area contributed by atoms with E-state index in [2.05, 4.69) is 10.3 Å². The molecule has 0 amide bonds. The van der Waals surface area contributed by atoms with Gasteiger partial charge >= 0.3 is 0 Å². The van der Waals surface area contributed by atoms with Crippen LogP contribution in [0.25, 0.3) is 10.9 Å². The molecule has 2 N–H and O–H groups in total. The molecule has 3 heteroatoms. The lowest BCUT2D eigenvalue weighted by molar-refractivity contribution is 0.629. The molecule has 1 aromatic carbocycles. The van der Waals surface area contributed by atoms with Gasteiger partial charge in [-0.3, -0.25) is 0 Å². The highest BCUT2D eigenvalue weighted by molar-refractivity contribution is 5.84. The standard InChI is InChI=1S/C13H15FN2/c1-15-6-8-4-10(8)12-7-16-13-3-2-9(14)5-11(12)13/h2-3,5,7-8,10,15-16H,4,6H2,1H3. The van der Waals surface area contributed by atoms with Gasteiger partial charge in [0.15, 0.2) is 0 Å². The summed E-state index contributed by atoms with van der Waals surface area (Å²) >= 11 is 0. The molecular formula is C13H15FN2. The van der Waals surface area contributed by atoms with E-state index < -0.39 is 0 Å². The van der Waals surface area contributed by atoms with E-state index in [9.17, 15) is 4.39 Å². The second-order valence-corrected chi connectivity index (χ2v) is 4.59. The van der Waals surface area contributed by atoms with E-state index in [-0.39, 0.29) is 5.82 Å². The molecule has 2 aromatic rings. The Labute approximate surface area is 93.9 Å². The highest BCUT2D eigenvalue weighted by Crippen LogP contribution is 2.49. The fourth-order valence-corrected chi connectivity index (χ4v) is 2.54. The van der Waals surface area contributed by atoms with Crippen molar-refractivity contribution in [1.29, 1.82) is 0 Å². The van der Waals surface area contributed by atoms with E-state index in [1.807, 2.05) is 19.3 Å². The van der Waals surface area contributed by atoms with Crippen LogP contribution in [0.2, 0.25) is 0 Å². The van der Waals surface area contributed by atoms with Crippen LogP contribution in [-0.2, 0) is 0 Å². The Morgan fingerprint density at radius 1 is 1.50 bits per heavy atom. The van der Waals surface area contributed by atoms with Gasteiger partial charge in [0.25, 0.3) is 0 Å². The van der Waals surface area contributed by atoms with Gasteiger partial charge in [-0.15, -0.1) is 0 Å². The first-order valence-corrected chi connectivity index (χ1v) is 5.70. The molecule has 1 saturated carbocycles. The Kier molecular flexibility index (Phi) is 2.21. The summed E-state index contributed by atoms with van der Waals surface area (Å²) < 4.78 is 13.2. The molecule has 0 saturated heterocycles. The molecule has 0 aliphatic heterocycles. The largest absolute Gasteiger partial charge is 0.361 e. The number of hydrogen-bond acceptors (Lipinski definition) is 1. The van der Waals surface area contributed by atoms with Crippen molar-refractivity contribution >= 4 is 10.9 Å². The molecule has 0 radical (unpaired) electrons. The van der Waals surface area contributed by atoms with Crippen LogP contribution in [0.15, 0.2) is 24.4 Å². The van der Waals surface area contributed by atoms with E-state index in [0.717, 1.165) is 17.4 Å². The summed E-state index contributed by atoms with van der Waals surface area (Å²) in [6.45, 7) is 1.05. The minimum atomic E-state index is -0.154. The van der Waals surface area contributed by atoms with E-state index in [0.29, 0.717) is 11.8 Å². The van der Waals surface area contributed by atoms with Crippen molar-refractivity contribution in [3.8, 4) is 0 Å². The van der Waals surface area contributed by atoms with Gasteiger partial charge in [0.1, 0.15) is 5.82 Å². The lowest BCUT2D eigenvalue weighted by Gasteiger charge is -1.98. The number of benzene rings is 1. The number of aromatic amines is 1.